The van der Waals surface area contributed by atoms with Gasteiger partial charge < -0.3 is 4.74 Å². The molecule has 1 rings (SSSR count). The van der Waals surface area contributed by atoms with Crippen LogP contribution in [0.3, 0.4) is 0 Å². The predicted molar refractivity (Wildman–Crippen MR) is 24.3 cm³/mol. The molecule has 0 amide bonds. The summed E-state index contributed by atoms with van der Waals surface area (Å²) in [5.41, 5.74) is -0.817. The zero-order valence-corrected chi connectivity index (χ0v) is 4.40. The van der Waals surface area contributed by atoms with Gasteiger partial charge in [-0.1, -0.05) is 0 Å². The van der Waals surface area contributed by atoms with Gasteiger partial charge in [0.15, 0.2) is 0 Å². The molecule has 1 heterocycles. The summed E-state index contributed by atoms with van der Waals surface area (Å²) in [5, 5.41) is 0. The summed E-state index contributed by atoms with van der Waals surface area (Å²) in [6.45, 7) is -0.557. The second kappa shape index (κ2) is 1.98. The quantitative estimate of drug-likeness (QED) is 0.490. The first-order chi connectivity index (χ1) is 4.11. The van der Waals surface area contributed by atoms with E-state index >= 15 is 0 Å². The first kappa shape index (κ1) is 6.54. The minimum absolute atomic E-state index is 0.158. The molecule has 0 atom stereocenters. The Labute approximate surface area is 49.3 Å². The van der Waals surface area contributed by atoms with Crippen molar-refractivity contribution in [3.05, 3.63) is 0 Å². The summed E-state index contributed by atoms with van der Waals surface area (Å²) in [6.07, 6.45) is -4.30. The van der Waals surface area contributed by atoms with E-state index in [4.69, 9.17) is 0 Å². The number of alkyl halides is 3. The number of hydrogen-bond acceptors (Lipinski definition) is 2. The Balaban J connectivity index is 2.61. The molecule has 0 radical (unpaired) electrons. The fourth-order valence-electron chi connectivity index (χ4n) is 0.483. The van der Waals surface area contributed by atoms with E-state index < -0.39 is 18.5 Å². The maximum atomic E-state index is 11.5. The van der Waals surface area contributed by atoms with Crippen LogP contribution in [-0.2, 0) is 4.74 Å². The standard InChI is InChI=1S/C4H4F3NO/c5-4(6,7)3-1-9-2-8-3/h1-2H2. The molecule has 9 heavy (non-hydrogen) atoms. The highest BCUT2D eigenvalue weighted by molar-refractivity contribution is 5.91. The number of ether oxygens (including phenoxy) is 1. The van der Waals surface area contributed by atoms with Gasteiger partial charge in [-0.05, 0) is 0 Å². The average molecular weight is 139 g/mol. The predicted octanol–water partition coefficient (Wildman–Crippen LogP) is 0.977. The van der Waals surface area contributed by atoms with Crippen molar-refractivity contribution in [3.8, 4) is 0 Å². The van der Waals surface area contributed by atoms with E-state index in [1.807, 2.05) is 0 Å². The van der Waals surface area contributed by atoms with E-state index in [-0.39, 0.29) is 6.73 Å². The monoisotopic (exact) mass is 139 g/mol. The Morgan fingerprint density at radius 2 is 2.11 bits per heavy atom. The van der Waals surface area contributed by atoms with Gasteiger partial charge in [0.1, 0.15) is 12.4 Å². The minimum Gasteiger partial charge on any atom is -0.353 e. The number of halogens is 3. The summed E-state index contributed by atoms with van der Waals surface area (Å²) < 4.78 is 39.0. The molecule has 0 aliphatic carbocycles. The van der Waals surface area contributed by atoms with Crippen molar-refractivity contribution in [2.45, 2.75) is 6.18 Å². The normalized spacial score (nSPS) is 20.1. The molecule has 0 aromatic rings. The summed E-state index contributed by atoms with van der Waals surface area (Å²) in [6, 6.07) is 0. The molecule has 0 fully saturated rings. The summed E-state index contributed by atoms with van der Waals surface area (Å²) >= 11 is 0. The van der Waals surface area contributed by atoms with Crippen molar-refractivity contribution in [3.63, 3.8) is 0 Å². The zero-order chi connectivity index (χ0) is 6.91. The van der Waals surface area contributed by atoms with Crippen molar-refractivity contribution >= 4 is 5.71 Å². The lowest BCUT2D eigenvalue weighted by molar-refractivity contribution is -0.0610. The van der Waals surface area contributed by atoms with E-state index in [9.17, 15) is 13.2 Å². The van der Waals surface area contributed by atoms with Crippen LogP contribution < -0.4 is 0 Å². The van der Waals surface area contributed by atoms with Crippen LogP contribution in [-0.4, -0.2) is 25.2 Å². The third kappa shape index (κ3) is 1.41. The molecule has 2 nitrogen and oxygen atoms in total. The first-order valence-corrected chi connectivity index (χ1v) is 2.29. The van der Waals surface area contributed by atoms with Crippen LogP contribution in [0.25, 0.3) is 0 Å². The molecule has 1 aliphatic rings. The van der Waals surface area contributed by atoms with Crippen LogP contribution in [0.2, 0.25) is 0 Å². The smallest absolute Gasteiger partial charge is 0.353 e. The molecule has 0 N–H and O–H groups in total. The lowest BCUT2D eigenvalue weighted by Gasteiger charge is -2.01. The molecular formula is C4H4F3NO. The molecule has 0 spiro atoms. The van der Waals surface area contributed by atoms with Crippen molar-refractivity contribution < 1.29 is 17.9 Å². The number of hydrogen-bond donors (Lipinski definition) is 0. The van der Waals surface area contributed by atoms with Crippen LogP contribution in [0.15, 0.2) is 4.99 Å². The van der Waals surface area contributed by atoms with Gasteiger partial charge in [-0.3, -0.25) is 4.99 Å². The summed E-state index contributed by atoms with van der Waals surface area (Å²) in [5.74, 6) is 0. The Hall–Kier alpha value is -0.580. The van der Waals surface area contributed by atoms with E-state index in [0.29, 0.717) is 0 Å². The van der Waals surface area contributed by atoms with E-state index in [1.54, 1.807) is 0 Å². The van der Waals surface area contributed by atoms with Gasteiger partial charge in [0.25, 0.3) is 0 Å². The molecule has 52 valence electrons. The van der Waals surface area contributed by atoms with Gasteiger partial charge in [0.2, 0.25) is 0 Å². The van der Waals surface area contributed by atoms with Gasteiger partial charge >= 0.3 is 6.18 Å². The maximum Gasteiger partial charge on any atom is 0.431 e. The molecule has 0 saturated heterocycles. The number of nitrogens with zero attached hydrogens (tertiary/aromatic N) is 1. The molecule has 0 aromatic heterocycles. The molecular weight excluding hydrogens is 135 g/mol. The Morgan fingerprint density at radius 3 is 2.33 bits per heavy atom. The van der Waals surface area contributed by atoms with Crippen LogP contribution >= 0.6 is 0 Å². The SMILES string of the molecule is FC(F)(F)C1=NCOC1. The number of rotatable bonds is 0. The highest BCUT2D eigenvalue weighted by atomic mass is 19.4. The van der Waals surface area contributed by atoms with Gasteiger partial charge in [-0.25, -0.2) is 0 Å². The van der Waals surface area contributed by atoms with Crippen LogP contribution in [0.5, 0.6) is 0 Å². The molecule has 0 bridgehead atoms. The lowest BCUT2D eigenvalue weighted by Crippen LogP contribution is -2.23. The first-order valence-electron chi connectivity index (χ1n) is 2.29. The lowest BCUT2D eigenvalue weighted by atomic mass is 10.4. The second-order valence-corrected chi connectivity index (χ2v) is 1.58. The minimum atomic E-state index is -4.30. The fourth-order valence-corrected chi connectivity index (χ4v) is 0.483. The summed E-state index contributed by atoms with van der Waals surface area (Å²) in [7, 11) is 0. The Bertz CT molecular complexity index is 139. The Kier molecular flexibility index (Phi) is 1.44. The topological polar surface area (TPSA) is 21.6 Å². The second-order valence-electron chi connectivity index (χ2n) is 1.58. The Morgan fingerprint density at radius 1 is 1.44 bits per heavy atom. The van der Waals surface area contributed by atoms with E-state index in [2.05, 4.69) is 9.73 Å². The van der Waals surface area contributed by atoms with E-state index in [0.717, 1.165) is 0 Å². The summed E-state index contributed by atoms with van der Waals surface area (Å²) in [4.78, 5) is 3.08. The van der Waals surface area contributed by atoms with Gasteiger partial charge in [0.05, 0.1) is 6.61 Å². The molecule has 1 aliphatic heterocycles. The molecule has 0 aromatic carbocycles. The van der Waals surface area contributed by atoms with Crippen molar-refractivity contribution in [1.82, 2.24) is 0 Å². The van der Waals surface area contributed by atoms with Gasteiger partial charge in [0, 0.05) is 0 Å². The largest absolute Gasteiger partial charge is 0.431 e. The molecule has 0 unspecified atom stereocenters. The van der Waals surface area contributed by atoms with Crippen molar-refractivity contribution in [2.24, 2.45) is 4.99 Å². The van der Waals surface area contributed by atoms with Gasteiger partial charge in [-0.15, -0.1) is 0 Å². The fraction of sp³-hybridized carbons (Fsp3) is 0.750. The highest BCUT2D eigenvalue weighted by Gasteiger charge is 2.37. The van der Waals surface area contributed by atoms with Crippen LogP contribution in [0, 0.1) is 0 Å². The van der Waals surface area contributed by atoms with E-state index in [1.165, 1.54) is 0 Å². The van der Waals surface area contributed by atoms with Crippen molar-refractivity contribution in [2.75, 3.05) is 13.3 Å². The van der Waals surface area contributed by atoms with Crippen LogP contribution in [0.1, 0.15) is 0 Å². The third-order valence-corrected chi connectivity index (χ3v) is 0.913. The number of aliphatic imine (C=N–C) groups is 1. The maximum absolute atomic E-state index is 11.5. The molecule has 0 saturated carbocycles. The zero-order valence-electron chi connectivity index (χ0n) is 4.40. The van der Waals surface area contributed by atoms with Gasteiger partial charge in [-0.2, -0.15) is 13.2 Å². The third-order valence-electron chi connectivity index (χ3n) is 0.913. The highest BCUT2D eigenvalue weighted by Crippen LogP contribution is 2.19. The van der Waals surface area contributed by atoms with Crippen LogP contribution in [0.4, 0.5) is 13.2 Å². The van der Waals surface area contributed by atoms with Crippen molar-refractivity contribution in [1.29, 1.82) is 0 Å². The average Bonchev–Trinajstić information content (AvgIpc) is 2.08. The molecule has 5 heteroatoms.